The van der Waals surface area contributed by atoms with Gasteiger partial charge in [0.05, 0.1) is 23.4 Å². The van der Waals surface area contributed by atoms with Gasteiger partial charge in [-0.15, -0.1) is 0 Å². The Balaban J connectivity index is 2.13. The number of halogens is 1. The zero-order valence-electron chi connectivity index (χ0n) is 14.6. The van der Waals surface area contributed by atoms with Crippen LogP contribution in [0.2, 0.25) is 5.02 Å². The molecule has 0 aromatic heterocycles. The van der Waals surface area contributed by atoms with Crippen LogP contribution in [0.25, 0.3) is 0 Å². The summed E-state index contributed by atoms with van der Waals surface area (Å²) in [6, 6.07) is 10.3. The van der Waals surface area contributed by atoms with Crippen LogP contribution >= 0.6 is 11.6 Å². The zero-order valence-corrected chi connectivity index (χ0v) is 15.3. The first-order chi connectivity index (χ1) is 11.8. The van der Waals surface area contributed by atoms with Crippen LogP contribution in [0.5, 0.6) is 5.75 Å². The predicted octanol–water partition coefficient (Wildman–Crippen LogP) is 4.15. The van der Waals surface area contributed by atoms with E-state index in [1.807, 2.05) is 32.0 Å². The Bertz CT molecular complexity index is 804. The van der Waals surface area contributed by atoms with Crippen molar-refractivity contribution >= 4 is 29.2 Å². The van der Waals surface area contributed by atoms with Gasteiger partial charge in [0, 0.05) is 0 Å². The highest BCUT2D eigenvalue weighted by molar-refractivity contribution is 6.33. The van der Waals surface area contributed by atoms with E-state index in [2.05, 4.69) is 10.1 Å². The van der Waals surface area contributed by atoms with Crippen LogP contribution in [0.15, 0.2) is 36.4 Å². The van der Waals surface area contributed by atoms with E-state index < -0.39 is 12.1 Å². The quantitative estimate of drug-likeness (QED) is 0.812. The first-order valence-electron chi connectivity index (χ1n) is 7.74. The molecule has 1 amide bonds. The Morgan fingerprint density at radius 2 is 1.84 bits per heavy atom. The molecule has 2 aromatic carbocycles. The zero-order chi connectivity index (χ0) is 18.6. The second kappa shape index (κ2) is 8.03. The van der Waals surface area contributed by atoms with Gasteiger partial charge in [0.25, 0.3) is 5.91 Å². The van der Waals surface area contributed by atoms with Gasteiger partial charge in [-0.25, -0.2) is 4.79 Å². The molecule has 1 atom stereocenters. The molecule has 0 fully saturated rings. The van der Waals surface area contributed by atoms with Gasteiger partial charge in [-0.2, -0.15) is 0 Å². The van der Waals surface area contributed by atoms with Crippen LogP contribution in [-0.4, -0.2) is 25.1 Å². The number of rotatable bonds is 5. The Morgan fingerprint density at radius 3 is 2.52 bits per heavy atom. The lowest BCUT2D eigenvalue weighted by Gasteiger charge is -2.17. The maximum Gasteiger partial charge on any atom is 0.337 e. The SMILES string of the molecule is COC(=O)c1ccc(Cl)c(NC(=O)C(C)Oc2cc(C)ccc2C)c1. The van der Waals surface area contributed by atoms with Crippen molar-refractivity contribution in [3.05, 3.63) is 58.1 Å². The number of benzene rings is 2. The molecule has 25 heavy (non-hydrogen) atoms. The van der Waals surface area contributed by atoms with E-state index >= 15 is 0 Å². The fourth-order valence-corrected chi connectivity index (χ4v) is 2.34. The van der Waals surface area contributed by atoms with Crippen molar-refractivity contribution in [3.63, 3.8) is 0 Å². The fraction of sp³-hybridized carbons (Fsp3) is 0.263. The summed E-state index contributed by atoms with van der Waals surface area (Å²) in [5, 5.41) is 3.00. The molecule has 0 saturated carbocycles. The number of hydrogen-bond donors (Lipinski definition) is 1. The van der Waals surface area contributed by atoms with Crippen molar-refractivity contribution in [2.24, 2.45) is 0 Å². The average Bonchev–Trinajstić information content (AvgIpc) is 2.59. The van der Waals surface area contributed by atoms with Crippen molar-refractivity contribution < 1.29 is 19.1 Å². The molecule has 1 unspecified atom stereocenters. The Kier molecular flexibility index (Phi) is 6.04. The molecule has 0 bridgehead atoms. The van der Waals surface area contributed by atoms with Crippen LogP contribution in [0, 0.1) is 13.8 Å². The van der Waals surface area contributed by atoms with Crippen LogP contribution < -0.4 is 10.1 Å². The highest BCUT2D eigenvalue weighted by Crippen LogP contribution is 2.25. The third kappa shape index (κ3) is 4.73. The van der Waals surface area contributed by atoms with Crippen LogP contribution in [0.1, 0.15) is 28.4 Å². The minimum atomic E-state index is -0.738. The minimum Gasteiger partial charge on any atom is -0.481 e. The van der Waals surface area contributed by atoms with E-state index in [0.717, 1.165) is 11.1 Å². The molecule has 0 aliphatic rings. The lowest BCUT2D eigenvalue weighted by molar-refractivity contribution is -0.122. The Hall–Kier alpha value is -2.53. The molecule has 5 nitrogen and oxygen atoms in total. The molecule has 132 valence electrons. The van der Waals surface area contributed by atoms with Gasteiger partial charge in [-0.05, 0) is 56.2 Å². The van der Waals surface area contributed by atoms with Crippen molar-refractivity contribution in [3.8, 4) is 5.75 Å². The van der Waals surface area contributed by atoms with E-state index in [1.165, 1.54) is 25.3 Å². The number of carbonyl (C=O) groups excluding carboxylic acids is 2. The number of hydrogen-bond acceptors (Lipinski definition) is 4. The average molecular weight is 362 g/mol. The summed E-state index contributed by atoms with van der Waals surface area (Å²) in [6.07, 6.45) is -0.738. The molecule has 0 radical (unpaired) electrons. The van der Waals surface area contributed by atoms with E-state index in [0.29, 0.717) is 22.0 Å². The minimum absolute atomic E-state index is 0.297. The number of anilines is 1. The standard InChI is InChI=1S/C19H20ClNO4/c1-11-5-6-12(2)17(9-11)25-13(3)18(22)21-16-10-14(19(23)24-4)7-8-15(16)20/h5-10,13H,1-4H3,(H,21,22). The number of aryl methyl sites for hydroxylation is 2. The lowest BCUT2D eigenvalue weighted by atomic mass is 10.1. The smallest absolute Gasteiger partial charge is 0.337 e. The molecule has 6 heteroatoms. The van der Waals surface area contributed by atoms with Gasteiger partial charge >= 0.3 is 5.97 Å². The van der Waals surface area contributed by atoms with Gasteiger partial charge in [-0.3, -0.25) is 4.79 Å². The first kappa shape index (κ1) is 18.8. The van der Waals surface area contributed by atoms with E-state index in [-0.39, 0.29) is 5.91 Å². The number of carbonyl (C=O) groups is 2. The molecule has 0 saturated heterocycles. The molecule has 1 N–H and O–H groups in total. The third-order valence-corrected chi connectivity index (χ3v) is 3.99. The van der Waals surface area contributed by atoms with Crippen LogP contribution in [0.4, 0.5) is 5.69 Å². The number of esters is 1. The first-order valence-corrected chi connectivity index (χ1v) is 8.12. The van der Waals surface area contributed by atoms with Crippen molar-refractivity contribution in [2.75, 3.05) is 12.4 Å². The molecule has 2 aromatic rings. The van der Waals surface area contributed by atoms with Gasteiger partial charge < -0.3 is 14.8 Å². The fourth-order valence-electron chi connectivity index (χ4n) is 2.18. The van der Waals surface area contributed by atoms with Gasteiger partial charge in [0.1, 0.15) is 5.75 Å². The van der Waals surface area contributed by atoms with E-state index in [4.69, 9.17) is 16.3 Å². The molecular formula is C19H20ClNO4. The normalized spacial score (nSPS) is 11.6. The second-order valence-corrected chi connectivity index (χ2v) is 6.11. The summed E-state index contributed by atoms with van der Waals surface area (Å²) < 4.78 is 10.4. The lowest BCUT2D eigenvalue weighted by Crippen LogP contribution is -2.30. The topological polar surface area (TPSA) is 64.6 Å². The maximum atomic E-state index is 12.4. The predicted molar refractivity (Wildman–Crippen MR) is 97.4 cm³/mol. The summed E-state index contributed by atoms with van der Waals surface area (Å²) in [6.45, 7) is 5.51. The number of amides is 1. The molecule has 0 heterocycles. The second-order valence-electron chi connectivity index (χ2n) is 5.70. The largest absolute Gasteiger partial charge is 0.481 e. The molecule has 0 spiro atoms. The summed E-state index contributed by atoms with van der Waals surface area (Å²) in [5.41, 5.74) is 2.61. The van der Waals surface area contributed by atoms with Crippen molar-refractivity contribution in [1.82, 2.24) is 0 Å². The maximum absolute atomic E-state index is 12.4. The number of methoxy groups -OCH3 is 1. The van der Waals surface area contributed by atoms with Gasteiger partial charge in [-0.1, -0.05) is 23.7 Å². The molecular weight excluding hydrogens is 342 g/mol. The Morgan fingerprint density at radius 1 is 1.12 bits per heavy atom. The summed E-state index contributed by atoms with van der Waals surface area (Å²) in [4.78, 5) is 24.0. The van der Waals surface area contributed by atoms with Crippen LogP contribution in [0.3, 0.4) is 0 Å². The number of ether oxygens (including phenoxy) is 2. The third-order valence-electron chi connectivity index (χ3n) is 3.66. The monoisotopic (exact) mass is 361 g/mol. The summed E-state index contributed by atoms with van der Waals surface area (Å²) in [5.74, 6) is -0.228. The van der Waals surface area contributed by atoms with E-state index in [9.17, 15) is 9.59 Å². The molecule has 2 rings (SSSR count). The van der Waals surface area contributed by atoms with Gasteiger partial charge in [0.15, 0.2) is 6.10 Å². The highest BCUT2D eigenvalue weighted by Gasteiger charge is 2.18. The van der Waals surface area contributed by atoms with E-state index in [1.54, 1.807) is 6.92 Å². The molecule has 0 aliphatic heterocycles. The summed E-state index contributed by atoms with van der Waals surface area (Å²) >= 11 is 6.09. The number of nitrogens with one attached hydrogen (secondary N) is 1. The van der Waals surface area contributed by atoms with Crippen molar-refractivity contribution in [1.29, 1.82) is 0 Å². The van der Waals surface area contributed by atoms with Crippen LogP contribution in [-0.2, 0) is 9.53 Å². The van der Waals surface area contributed by atoms with Crippen molar-refractivity contribution in [2.45, 2.75) is 26.9 Å². The molecule has 0 aliphatic carbocycles. The Labute approximate surface area is 151 Å². The van der Waals surface area contributed by atoms with Gasteiger partial charge in [0.2, 0.25) is 0 Å². The summed E-state index contributed by atoms with van der Waals surface area (Å²) in [7, 11) is 1.29. The highest BCUT2D eigenvalue weighted by atomic mass is 35.5.